The quantitative estimate of drug-likeness (QED) is 0.878. The molecule has 3 rings (SSSR count). The molecule has 1 aromatic carbocycles. The van der Waals surface area contributed by atoms with Crippen LogP contribution >= 0.6 is 35.3 Å². The van der Waals surface area contributed by atoms with E-state index in [1.54, 1.807) is 11.3 Å². The highest BCUT2D eigenvalue weighted by Crippen LogP contribution is 2.38. The van der Waals surface area contributed by atoms with Gasteiger partial charge in [0.05, 0.1) is 11.2 Å². The van der Waals surface area contributed by atoms with E-state index in [1.807, 2.05) is 24.3 Å². The van der Waals surface area contributed by atoms with E-state index < -0.39 is 0 Å². The first kappa shape index (κ1) is 14.8. The van der Waals surface area contributed by atoms with E-state index in [0.29, 0.717) is 0 Å². The summed E-state index contributed by atoms with van der Waals surface area (Å²) >= 11 is 7.57. The SMILES string of the molecule is Cl.NC1(c2nc(-c3ccc(Cl)cc3)cs2)CCCC1. The van der Waals surface area contributed by atoms with Crippen LogP contribution in [0, 0.1) is 0 Å². The molecule has 1 saturated carbocycles. The standard InChI is InChI=1S/C14H15ClN2S.ClH/c15-11-5-3-10(4-6-11)12-9-18-13(17-12)14(16)7-1-2-8-14;/h3-6,9H,1-2,7-8,16H2;1H. The third kappa shape index (κ3) is 2.95. The largest absolute Gasteiger partial charge is 0.319 e. The van der Waals surface area contributed by atoms with E-state index in [9.17, 15) is 0 Å². The predicted molar refractivity (Wildman–Crippen MR) is 84.1 cm³/mol. The molecular formula is C14H16Cl2N2S. The number of nitrogens with two attached hydrogens (primary N) is 1. The van der Waals surface area contributed by atoms with E-state index in [0.717, 1.165) is 34.1 Å². The normalized spacial score (nSPS) is 17.2. The maximum Gasteiger partial charge on any atom is 0.113 e. The number of aromatic nitrogens is 1. The second-order valence-electron chi connectivity index (χ2n) is 4.91. The van der Waals surface area contributed by atoms with Crippen LogP contribution in [0.2, 0.25) is 5.02 Å². The molecule has 0 amide bonds. The molecule has 1 aliphatic carbocycles. The summed E-state index contributed by atoms with van der Waals surface area (Å²) in [6.45, 7) is 0. The molecular weight excluding hydrogens is 299 g/mol. The Morgan fingerprint density at radius 1 is 1.16 bits per heavy atom. The Balaban J connectivity index is 0.00000133. The molecule has 5 heteroatoms. The van der Waals surface area contributed by atoms with Gasteiger partial charge in [0.25, 0.3) is 0 Å². The summed E-state index contributed by atoms with van der Waals surface area (Å²) in [5.41, 5.74) is 8.34. The Kier molecular flexibility index (Phi) is 4.51. The van der Waals surface area contributed by atoms with Gasteiger partial charge in [-0.1, -0.05) is 36.6 Å². The number of nitrogens with zero attached hydrogens (tertiary/aromatic N) is 1. The minimum absolute atomic E-state index is 0. The topological polar surface area (TPSA) is 38.9 Å². The lowest BCUT2D eigenvalue weighted by molar-refractivity contribution is 0.459. The number of hydrogen-bond donors (Lipinski definition) is 1. The van der Waals surface area contributed by atoms with Gasteiger partial charge in [-0.15, -0.1) is 23.7 Å². The Morgan fingerprint density at radius 3 is 2.42 bits per heavy atom. The smallest absolute Gasteiger partial charge is 0.113 e. The molecule has 0 atom stereocenters. The van der Waals surface area contributed by atoms with Crippen molar-refractivity contribution < 1.29 is 0 Å². The van der Waals surface area contributed by atoms with E-state index in [-0.39, 0.29) is 17.9 Å². The van der Waals surface area contributed by atoms with E-state index in [2.05, 4.69) is 5.38 Å². The number of thiazole rings is 1. The lowest BCUT2D eigenvalue weighted by Gasteiger charge is -2.19. The minimum Gasteiger partial charge on any atom is -0.319 e. The first-order valence-electron chi connectivity index (χ1n) is 6.18. The van der Waals surface area contributed by atoms with Crippen molar-refractivity contribution in [2.75, 3.05) is 0 Å². The number of halogens is 2. The van der Waals surface area contributed by atoms with Crippen LogP contribution in [0.25, 0.3) is 11.3 Å². The van der Waals surface area contributed by atoms with Gasteiger partial charge in [0, 0.05) is 16.0 Å². The van der Waals surface area contributed by atoms with Gasteiger partial charge in [0.1, 0.15) is 5.01 Å². The average Bonchev–Trinajstić information content (AvgIpc) is 2.99. The maximum absolute atomic E-state index is 6.42. The molecule has 1 heterocycles. The lowest BCUT2D eigenvalue weighted by Crippen LogP contribution is -2.32. The monoisotopic (exact) mass is 314 g/mol. The van der Waals surface area contributed by atoms with Gasteiger partial charge in [-0.25, -0.2) is 4.98 Å². The van der Waals surface area contributed by atoms with Crippen molar-refractivity contribution >= 4 is 35.3 Å². The molecule has 1 fully saturated rings. The van der Waals surface area contributed by atoms with Crippen LogP contribution < -0.4 is 5.73 Å². The van der Waals surface area contributed by atoms with Gasteiger partial charge in [0.2, 0.25) is 0 Å². The van der Waals surface area contributed by atoms with Crippen LogP contribution in [0.3, 0.4) is 0 Å². The van der Waals surface area contributed by atoms with Crippen LogP contribution in [0.1, 0.15) is 30.7 Å². The van der Waals surface area contributed by atoms with Crippen molar-refractivity contribution in [3.63, 3.8) is 0 Å². The predicted octanol–water partition coefficient (Wildman–Crippen LogP) is 4.61. The zero-order valence-corrected chi connectivity index (χ0v) is 12.8. The summed E-state index contributed by atoms with van der Waals surface area (Å²) in [4.78, 5) is 4.71. The van der Waals surface area contributed by atoms with E-state index in [4.69, 9.17) is 22.3 Å². The Bertz CT molecular complexity index is 545. The van der Waals surface area contributed by atoms with Crippen LogP contribution in [-0.2, 0) is 5.54 Å². The molecule has 1 aromatic heterocycles. The van der Waals surface area contributed by atoms with Crippen molar-refractivity contribution in [3.05, 3.63) is 39.7 Å². The van der Waals surface area contributed by atoms with Crippen LogP contribution in [0.15, 0.2) is 29.6 Å². The second kappa shape index (κ2) is 5.80. The number of rotatable bonds is 2. The fraction of sp³-hybridized carbons (Fsp3) is 0.357. The van der Waals surface area contributed by atoms with Crippen LogP contribution in [-0.4, -0.2) is 4.98 Å². The van der Waals surface area contributed by atoms with Crippen molar-refractivity contribution in [3.8, 4) is 11.3 Å². The summed E-state index contributed by atoms with van der Waals surface area (Å²) < 4.78 is 0. The molecule has 2 N–H and O–H groups in total. The zero-order valence-electron chi connectivity index (χ0n) is 10.4. The van der Waals surface area contributed by atoms with Crippen molar-refractivity contribution in [2.45, 2.75) is 31.2 Å². The summed E-state index contributed by atoms with van der Waals surface area (Å²) in [6.07, 6.45) is 4.54. The zero-order chi connectivity index (χ0) is 12.6. The van der Waals surface area contributed by atoms with Crippen LogP contribution in [0.4, 0.5) is 0 Å². The molecule has 2 aromatic rings. The Morgan fingerprint density at radius 2 is 1.79 bits per heavy atom. The minimum atomic E-state index is -0.185. The molecule has 0 bridgehead atoms. The van der Waals surface area contributed by atoms with E-state index in [1.165, 1.54) is 12.8 Å². The van der Waals surface area contributed by atoms with Crippen molar-refractivity contribution in [1.29, 1.82) is 0 Å². The summed E-state index contributed by atoms with van der Waals surface area (Å²) in [5, 5.41) is 3.91. The van der Waals surface area contributed by atoms with Gasteiger partial charge < -0.3 is 5.73 Å². The molecule has 1 aliphatic rings. The van der Waals surface area contributed by atoms with Gasteiger partial charge in [-0.2, -0.15) is 0 Å². The summed E-state index contributed by atoms with van der Waals surface area (Å²) in [7, 11) is 0. The fourth-order valence-electron chi connectivity index (χ4n) is 2.48. The first-order valence-corrected chi connectivity index (χ1v) is 7.44. The summed E-state index contributed by atoms with van der Waals surface area (Å²) in [6, 6.07) is 7.78. The average molecular weight is 315 g/mol. The van der Waals surface area contributed by atoms with E-state index >= 15 is 0 Å². The highest BCUT2D eigenvalue weighted by atomic mass is 35.5. The third-order valence-corrected chi connectivity index (χ3v) is 4.88. The number of benzene rings is 1. The van der Waals surface area contributed by atoms with Crippen molar-refractivity contribution in [2.24, 2.45) is 5.73 Å². The fourth-order valence-corrected chi connectivity index (χ4v) is 3.60. The first-order chi connectivity index (χ1) is 8.67. The molecule has 0 spiro atoms. The molecule has 0 saturated heterocycles. The van der Waals surface area contributed by atoms with Crippen LogP contribution in [0.5, 0.6) is 0 Å². The maximum atomic E-state index is 6.42. The Hall–Kier alpha value is -0.610. The molecule has 19 heavy (non-hydrogen) atoms. The Labute approximate surface area is 128 Å². The molecule has 102 valence electrons. The lowest BCUT2D eigenvalue weighted by atomic mass is 10.0. The van der Waals surface area contributed by atoms with Crippen molar-refractivity contribution in [1.82, 2.24) is 4.98 Å². The van der Waals surface area contributed by atoms with Gasteiger partial charge in [0.15, 0.2) is 0 Å². The molecule has 0 aliphatic heterocycles. The highest BCUT2D eigenvalue weighted by Gasteiger charge is 2.34. The summed E-state index contributed by atoms with van der Waals surface area (Å²) in [5.74, 6) is 0. The third-order valence-electron chi connectivity index (χ3n) is 3.57. The molecule has 0 unspecified atom stereocenters. The van der Waals surface area contributed by atoms with Gasteiger partial charge in [-0.3, -0.25) is 0 Å². The second-order valence-corrected chi connectivity index (χ2v) is 6.20. The van der Waals surface area contributed by atoms with Gasteiger partial charge >= 0.3 is 0 Å². The number of hydrogen-bond acceptors (Lipinski definition) is 3. The molecule has 2 nitrogen and oxygen atoms in total. The van der Waals surface area contributed by atoms with Gasteiger partial charge in [-0.05, 0) is 25.0 Å². The highest BCUT2D eigenvalue weighted by molar-refractivity contribution is 7.10. The molecule has 0 radical (unpaired) electrons.